The van der Waals surface area contributed by atoms with Crippen LogP contribution in [0.5, 0.6) is 0 Å². The van der Waals surface area contributed by atoms with Crippen LogP contribution >= 0.6 is 15.9 Å². The molecule has 1 saturated heterocycles. The third-order valence-corrected chi connectivity index (χ3v) is 4.99. The van der Waals surface area contributed by atoms with Gasteiger partial charge in [-0.1, -0.05) is 34.1 Å². The van der Waals surface area contributed by atoms with Gasteiger partial charge >= 0.3 is 6.09 Å². The summed E-state index contributed by atoms with van der Waals surface area (Å²) in [5, 5.41) is 3.01. The number of hydrogen-bond acceptors (Lipinski definition) is 3. The van der Waals surface area contributed by atoms with Crippen LogP contribution in [0.3, 0.4) is 0 Å². The maximum absolute atomic E-state index is 12.0. The molecule has 1 fully saturated rings. The van der Waals surface area contributed by atoms with Gasteiger partial charge in [0.1, 0.15) is 0 Å². The number of likely N-dealkylation sites (tertiary alicyclic amines) is 1. The molecule has 2 amide bonds. The number of carbonyl (C=O) groups excluding carboxylic acids is 2. The molecule has 5 nitrogen and oxygen atoms in total. The van der Waals surface area contributed by atoms with Crippen LogP contribution in [-0.2, 0) is 16.0 Å². The molecule has 1 aromatic carbocycles. The molecule has 6 heteroatoms. The number of rotatable bonds is 5. The molecule has 23 heavy (non-hydrogen) atoms. The van der Waals surface area contributed by atoms with Crippen molar-refractivity contribution in [2.24, 2.45) is 5.92 Å². The molecule has 0 aromatic heterocycles. The zero-order chi connectivity index (χ0) is 16.7. The van der Waals surface area contributed by atoms with Gasteiger partial charge in [0, 0.05) is 30.5 Å². The van der Waals surface area contributed by atoms with Gasteiger partial charge in [-0.15, -0.1) is 0 Å². The summed E-state index contributed by atoms with van der Waals surface area (Å²) in [6.45, 7) is 2.08. The van der Waals surface area contributed by atoms with Crippen LogP contribution in [0.25, 0.3) is 0 Å². The lowest BCUT2D eigenvalue weighted by molar-refractivity contribution is -0.121. The van der Waals surface area contributed by atoms with Gasteiger partial charge < -0.3 is 15.0 Å². The number of nitrogens with one attached hydrogen (secondary N) is 1. The minimum atomic E-state index is -0.263. The highest BCUT2D eigenvalue weighted by molar-refractivity contribution is 9.10. The summed E-state index contributed by atoms with van der Waals surface area (Å²) in [5.41, 5.74) is 1.15. The first-order valence-corrected chi connectivity index (χ1v) is 8.72. The Labute approximate surface area is 145 Å². The molecule has 0 bridgehead atoms. The van der Waals surface area contributed by atoms with E-state index in [-0.39, 0.29) is 12.0 Å². The van der Waals surface area contributed by atoms with Crippen LogP contribution < -0.4 is 5.32 Å². The van der Waals surface area contributed by atoms with E-state index in [1.165, 1.54) is 7.11 Å². The number of carbonyl (C=O) groups is 2. The number of aryl methyl sites for hydroxylation is 1. The molecule has 0 radical (unpaired) electrons. The van der Waals surface area contributed by atoms with Crippen molar-refractivity contribution in [3.8, 4) is 0 Å². The molecule has 0 spiro atoms. The van der Waals surface area contributed by atoms with Crippen molar-refractivity contribution in [1.82, 2.24) is 10.2 Å². The SMILES string of the molecule is COC(=O)N1CCC(CNC(=O)CCc2ccccc2Br)CC1. The summed E-state index contributed by atoms with van der Waals surface area (Å²) in [6.07, 6.45) is 2.76. The number of methoxy groups -OCH3 is 1. The van der Waals surface area contributed by atoms with Gasteiger partial charge in [0.2, 0.25) is 5.91 Å². The summed E-state index contributed by atoms with van der Waals surface area (Å²) >= 11 is 3.50. The van der Waals surface area contributed by atoms with E-state index in [4.69, 9.17) is 4.74 Å². The lowest BCUT2D eigenvalue weighted by atomic mass is 9.97. The van der Waals surface area contributed by atoms with Gasteiger partial charge in [-0.05, 0) is 36.8 Å². The molecule has 1 aliphatic rings. The second-order valence-corrected chi connectivity index (χ2v) is 6.65. The standard InChI is InChI=1S/C17H23BrN2O3/c1-23-17(22)20-10-8-13(9-11-20)12-19-16(21)7-6-14-4-2-3-5-15(14)18/h2-5,13H,6-12H2,1H3,(H,19,21). The van der Waals surface area contributed by atoms with Crippen molar-refractivity contribution in [2.75, 3.05) is 26.7 Å². The van der Waals surface area contributed by atoms with Crippen LogP contribution in [0, 0.1) is 5.92 Å². The Bertz CT molecular complexity index is 542. The van der Waals surface area contributed by atoms with Gasteiger partial charge in [-0.2, -0.15) is 0 Å². The summed E-state index contributed by atoms with van der Waals surface area (Å²) < 4.78 is 5.76. The molecule has 0 saturated carbocycles. The molecule has 2 rings (SSSR count). The number of ether oxygens (including phenoxy) is 1. The van der Waals surface area contributed by atoms with Crippen LogP contribution in [0.15, 0.2) is 28.7 Å². The monoisotopic (exact) mass is 382 g/mol. The van der Waals surface area contributed by atoms with Crippen molar-refractivity contribution >= 4 is 27.9 Å². The van der Waals surface area contributed by atoms with E-state index in [9.17, 15) is 9.59 Å². The highest BCUT2D eigenvalue weighted by Crippen LogP contribution is 2.18. The zero-order valence-electron chi connectivity index (χ0n) is 13.4. The molecule has 0 aliphatic carbocycles. The van der Waals surface area contributed by atoms with Gasteiger partial charge in [-0.3, -0.25) is 4.79 Å². The number of nitrogens with zero attached hydrogens (tertiary/aromatic N) is 1. The Morgan fingerprint density at radius 1 is 1.30 bits per heavy atom. The van der Waals surface area contributed by atoms with Crippen LogP contribution in [0.2, 0.25) is 0 Å². The predicted octanol–water partition coefficient (Wildman–Crippen LogP) is 2.98. The predicted molar refractivity (Wildman–Crippen MR) is 92.2 cm³/mol. The highest BCUT2D eigenvalue weighted by Gasteiger charge is 2.23. The first kappa shape index (κ1) is 17.8. The second kappa shape index (κ2) is 8.91. The minimum absolute atomic E-state index is 0.0798. The lowest BCUT2D eigenvalue weighted by Gasteiger charge is -2.30. The molecule has 1 N–H and O–H groups in total. The van der Waals surface area contributed by atoms with E-state index < -0.39 is 0 Å². The van der Waals surface area contributed by atoms with Crippen molar-refractivity contribution < 1.29 is 14.3 Å². The molecule has 1 heterocycles. The lowest BCUT2D eigenvalue weighted by Crippen LogP contribution is -2.41. The van der Waals surface area contributed by atoms with Crippen LogP contribution in [0.4, 0.5) is 4.79 Å². The largest absolute Gasteiger partial charge is 0.453 e. The Morgan fingerprint density at radius 2 is 2.00 bits per heavy atom. The van der Waals surface area contributed by atoms with E-state index in [1.54, 1.807) is 4.90 Å². The minimum Gasteiger partial charge on any atom is -0.453 e. The Balaban J connectivity index is 1.66. The maximum atomic E-state index is 12.0. The van der Waals surface area contributed by atoms with E-state index in [1.807, 2.05) is 24.3 Å². The van der Waals surface area contributed by atoms with Gasteiger partial charge in [0.15, 0.2) is 0 Å². The maximum Gasteiger partial charge on any atom is 0.409 e. The Kier molecular flexibility index (Phi) is 6.89. The normalized spacial score (nSPS) is 15.3. The first-order valence-electron chi connectivity index (χ1n) is 7.93. The molecule has 1 aromatic rings. The second-order valence-electron chi connectivity index (χ2n) is 5.80. The van der Waals surface area contributed by atoms with E-state index in [2.05, 4.69) is 21.2 Å². The quantitative estimate of drug-likeness (QED) is 0.851. The van der Waals surface area contributed by atoms with Gasteiger partial charge in [0.05, 0.1) is 7.11 Å². The zero-order valence-corrected chi connectivity index (χ0v) is 15.0. The number of hydrogen-bond donors (Lipinski definition) is 1. The fourth-order valence-corrected chi connectivity index (χ4v) is 3.23. The van der Waals surface area contributed by atoms with Crippen molar-refractivity contribution in [3.63, 3.8) is 0 Å². The molecular formula is C17H23BrN2O3. The third-order valence-electron chi connectivity index (χ3n) is 4.21. The number of benzene rings is 1. The smallest absolute Gasteiger partial charge is 0.409 e. The van der Waals surface area contributed by atoms with Gasteiger partial charge in [-0.25, -0.2) is 4.79 Å². The third kappa shape index (κ3) is 5.53. The van der Waals surface area contributed by atoms with Gasteiger partial charge in [0.25, 0.3) is 0 Å². The van der Waals surface area contributed by atoms with Crippen LogP contribution in [-0.4, -0.2) is 43.6 Å². The topological polar surface area (TPSA) is 58.6 Å². The Hall–Kier alpha value is -1.56. The summed E-state index contributed by atoms with van der Waals surface area (Å²) in [7, 11) is 1.40. The molecule has 126 valence electrons. The summed E-state index contributed by atoms with van der Waals surface area (Å²) in [4.78, 5) is 25.1. The molecule has 0 unspecified atom stereocenters. The molecule has 0 atom stereocenters. The Morgan fingerprint density at radius 3 is 2.65 bits per heavy atom. The van der Waals surface area contributed by atoms with Crippen molar-refractivity contribution in [1.29, 1.82) is 0 Å². The number of amides is 2. The molecule has 1 aliphatic heterocycles. The highest BCUT2D eigenvalue weighted by atomic mass is 79.9. The van der Waals surface area contributed by atoms with E-state index in [0.717, 1.165) is 29.3 Å². The fourth-order valence-electron chi connectivity index (χ4n) is 2.74. The average molecular weight is 383 g/mol. The first-order chi connectivity index (χ1) is 11.1. The molecular weight excluding hydrogens is 360 g/mol. The van der Waals surface area contributed by atoms with Crippen molar-refractivity contribution in [3.05, 3.63) is 34.3 Å². The van der Waals surface area contributed by atoms with Crippen molar-refractivity contribution in [2.45, 2.75) is 25.7 Å². The number of piperidine rings is 1. The average Bonchev–Trinajstić information content (AvgIpc) is 2.59. The van der Waals surface area contributed by atoms with E-state index in [0.29, 0.717) is 32.0 Å². The number of halogens is 1. The summed E-state index contributed by atoms with van der Waals surface area (Å²) in [5.74, 6) is 0.513. The van der Waals surface area contributed by atoms with E-state index >= 15 is 0 Å². The fraction of sp³-hybridized carbons (Fsp3) is 0.529. The summed E-state index contributed by atoms with van der Waals surface area (Å²) in [6, 6.07) is 7.96. The van der Waals surface area contributed by atoms with Crippen LogP contribution in [0.1, 0.15) is 24.8 Å².